The Balaban J connectivity index is 1.56. The Morgan fingerprint density at radius 2 is 1.95 bits per heavy atom. The van der Waals surface area contributed by atoms with Crippen molar-refractivity contribution in [2.45, 2.75) is 0 Å². The van der Waals surface area contributed by atoms with E-state index in [4.69, 9.17) is 14.9 Å². The molecule has 2 aromatic carbocycles. The summed E-state index contributed by atoms with van der Waals surface area (Å²) in [4.78, 5) is 4.30. The fourth-order valence-corrected chi connectivity index (χ4v) is 1.89. The van der Waals surface area contributed by atoms with Crippen LogP contribution >= 0.6 is 0 Å². The van der Waals surface area contributed by atoms with Crippen LogP contribution in [0, 0.1) is 0 Å². The van der Waals surface area contributed by atoms with E-state index in [2.05, 4.69) is 10.3 Å². The quantitative estimate of drug-likeness (QED) is 0.550. The molecule has 0 amide bonds. The zero-order valence-electron chi connectivity index (χ0n) is 10.9. The Hall–Kier alpha value is -2.69. The van der Waals surface area contributed by atoms with Gasteiger partial charge in [0, 0.05) is 0 Å². The molecule has 5 heteroatoms. The molecule has 0 aliphatic rings. The largest absolute Gasteiger partial charge is 0.492 e. The van der Waals surface area contributed by atoms with E-state index in [9.17, 15) is 0 Å². The number of aromatic nitrogens is 1. The van der Waals surface area contributed by atoms with Gasteiger partial charge in [0.1, 0.15) is 17.9 Å². The fourth-order valence-electron chi connectivity index (χ4n) is 1.89. The van der Waals surface area contributed by atoms with E-state index >= 15 is 0 Å². The van der Waals surface area contributed by atoms with Crippen LogP contribution < -0.4 is 15.8 Å². The van der Waals surface area contributed by atoms with E-state index in [0.29, 0.717) is 36.0 Å². The summed E-state index contributed by atoms with van der Waals surface area (Å²) in [7, 11) is 0. The third kappa shape index (κ3) is 2.66. The van der Waals surface area contributed by atoms with Gasteiger partial charge in [0.05, 0.1) is 12.2 Å². The highest BCUT2D eigenvalue weighted by Crippen LogP contribution is 2.23. The minimum atomic E-state index is 0.453. The second-order valence-electron chi connectivity index (χ2n) is 4.30. The summed E-state index contributed by atoms with van der Waals surface area (Å²) in [6, 6.07) is 15.6. The first-order valence-electron chi connectivity index (χ1n) is 6.40. The van der Waals surface area contributed by atoms with Crippen LogP contribution in [0.3, 0.4) is 0 Å². The molecule has 0 saturated carbocycles. The van der Waals surface area contributed by atoms with Crippen LogP contribution in [0.1, 0.15) is 0 Å². The number of hydrogen-bond acceptors (Lipinski definition) is 5. The van der Waals surface area contributed by atoms with E-state index < -0.39 is 0 Å². The number of benzene rings is 2. The lowest BCUT2D eigenvalue weighted by atomic mass is 10.3. The maximum atomic E-state index is 5.83. The third-order valence-electron chi connectivity index (χ3n) is 2.84. The standard InChI is InChI=1S/C15H15N3O2/c16-12-7-4-8-13-14(12)18-15(20-13)17-9-10-19-11-5-2-1-3-6-11/h1-8H,9-10,16H2,(H,17,18). The molecule has 0 fully saturated rings. The smallest absolute Gasteiger partial charge is 0.295 e. The predicted molar refractivity (Wildman–Crippen MR) is 78.8 cm³/mol. The third-order valence-corrected chi connectivity index (χ3v) is 2.84. The van der Waals surface area contributed by atoms with Crippen LogP contribution in [-0.2, 0) is 0 Å². The first-order valence-corrected chi connectivity index (χ1v) is 6.40. The summed E-state index contributed by atoms with van der Waals surface area (Å²) < 4.78 is 11.1. The Bertz CT molecular complexity index is 695. The lowest BCUT2D eigenvalue weighted by Crippen LogP contribution is -2.11. The molecule has 0 atom stereocenters. The van der Waals surface area contributed by atoms with Gasteiger partial charge < -0.3 is 20.2 Å². The van der Waals surface area contributed by atoms with Gasteiger partial charge in [-0.25, -0.2) is 0 Å². The van der Waals surface area contributed by atoms with Crippen LogP contribution in [0.5, 0.6) is 5.75 Å². The van der Waals surface area contributed by atoms with Gasteiger partial charge in [-0.05, 0) is 24.3 Å². The number of nitrogens with one attached hydrogen (secondary N) is 1. The summed E-state index contributed by atoms with van der Waals surface area (Å²) in [5, 5.41) is 3.07. The number of fused-ring (bicyclic) bond motifs is 1. The van der Waals surface area contributed by atoms with Crippen molar-refractivity contribution in [1.29, 1.82) is 0 Å². The molecule has 3 N–H and O–H groups in total. The Labute approximate surface area is 116 Å². The van der Waals surface area contributed by atoms with Gasteiger partial charge in [0.15, 0.2) is 5.58 Å². The predicted octanol–water partition coefficient (Wildman–Crippen LogP) is 2.90. The van der Waals surface area contributed by atoms with Crippen LogP contribution in [-0.4, -0.2) is 18.1 Å². The molecular weight excluding hydrogens is 254 g/mol. The molecule has 20 heavy (non-hydrogen) atoms. The molecule has 102 valence electrons. The summed E-state index contributed by atoms with van der Waals surface area (Å²) in [6.07, 6.45) is 0. The molecule has 3 rings (SSSR count). The fraction of sp³-hybridized carbons (Fsp3) is 0.133. The number of ether oxygens (including phenoxy) is 1. The average molecular weight is 269 g/mol. The van der Waals surface area contributed by atoms with Crippen molar-refractivity contribution < 1.29 is 9.15 Å². The van der Waals surface area contributed by atoms with E-state index in [1.807, 2.05) is 42.5 Å². The number of anilines is 2. The Morgan fingerprint density at radius 3 is 2.75 bits per heavy atom. The van der Waals surface area contributed by atoms with Gasteiger partial charge >= 0.3 is 0 Å². The van der Waals surface area contributed by atoms with Crippen molar-refractivity contribution in [3.63, 3.8) is 0 Å². The van der Waals surface area contributed by atoms with Crippen molar-refractivity contribution in [2.24, 2.45) is 0 Å². The summed E-state index contributed by atoms with van der Waals surface area (Å²) in [6.45, 7) is 1.12. The van der Waals surface area contributed by atoms with Crippen molar-refractivity contribution in [3.05, 3.63) is 48.5 Å². The maximum absolute atomic E-state index is 5.83. The Kier molecular flexibility index (Phi) is 3.41. The molecule has 3 aromatic rings. The molecule has 0 bridgehead atoms. The number of hydrogen-bond donors (Lipinski definition) is 2. The van der Waals surface area contributed by atoms with Gasteiger partial charge in [-0.1, -0.05) is 24.3 Å². The molecule has 1 aromatic heterocycles. The molecule has 0 saturated heterocycles. The number of oxazole rings is 1. The van der Waals surface area contributed by atoms with Gasteiger partial charge in [0.25, 0.3) is 6.01 Å². The van der Waals surface area contributed by atoms with Crippen LogP contribution in [0.2, 0.25) is 0 Å². The highest BCUT2D eigenvalue weighted by Gasteiger charge is 2.07. The van der Waals surface area contributed by atoms with E-state index in [-0.39, 0.29) is 0 Å². The first kappa shape index (κ1) is 12.3. The molecule has 1 heterocycles. The minimum absolute atomic E-state index is 0.453. The lowest BCUT2D eigenvalue weighted by molar-refractivity contribution is 0.331. The number of para-hydroxylation sites is 2. The van der Waals surface area contributed by atoms with E-state index in [0.717, 1.165) is 5.75 Å². The second kappa shape index (κ2) is 5.52. The summed E-state index contributed by atoms with van der Waals surface area (Å²) in [5.41, 5.74) is 7.79. The van der Waals surface area contributed by atoms with Crippen LogP contribution in [0.25, 0.3) is 11.1 Å². The highest BCUT2D eigenvalue weighted by molar-refractivity contribution is 5.86. The minimum Gasteiger partial charge on any atom is -0.492 e. The first-order chi connectivity index (χ1) is 9.83. The molecule has 5 nitrogen and oxygen atoms in total. The molecule has 0 aliphatic heterocycles. The summed E-state index contributed by atoms with van der Waals surface area (Å²) >= 11 is 0. The topological polar surface area (TPSA) is 73.3 Å². The van der Waals surface area contributed by atoms with Gasteiger partial charge in [0.2, 0.25) is 0 Å². The normalized spacial score (nSPS) is 10.6. The average Bonchev–Trinajstić information content (AvgIpc) is 2.89. The second-order valence-corrected chi connectivity index (χ2v) is 4.30. The van der Waals surface area contributed by atoms with Crippen molar-refractivity contribution in [2.75, 3.05) is 24.2 Å². The number of nitrogens with two attached hydrogens (primary N) is 1. The number of nitrogens with zero attached hydrogens (tertiary/aromatic N) is 1. The van der Waals surface area contributed by atoms with Gasteiger partial charge in [-0.3, -0.25) is 0 Å². The number of rotatable bonds is 5. The zero-order chi connectivity index (χ0) is 13.8. The van der Waals surface area contributed by atoms with E-state index in [1.165, 1.54) is 0 Å². The molecule has 0 radical (unpaired) electrons. The van der Waals surface area contributed by atoms with Crippen LogP contribution in [0.15, 0.2) is 52.9 Å². The van der Waals surface area contributed by atoms with Crippen molar-refractivity contribution >= 4 is 22.8 Å². The monoisotopic (exact) mass is 269 g/mol. The maximum Gasteiger partial charge on any atom is 0.295 e. The molecule has 0 aliphatic carbocycles. The lowest BCUT2D eigenvalue weighted by Gasteiger charge is -2.05. The van der Waals surface area contributed by atoms with Gasteiger partial charge in [-0.2, -0.15) is 4.98 Å². The molecule has 0 unspecified atom stereocenters. The SMILES string of the molecule is Nc1cccc2oc(NCCOc3ccccc3)nc12. The molecular formula is C15H15N3O2. The van der Waals surface area contributed by atoms with Gasteiger partial charge in [-0.15, -0.1) is 0 Å². The van der Waals surface area contributed by atoms with Crippen molar-refractivity contribution in [3.8, 4) is 5.75 Å². The highest BCUT2D eigenvalue weighted by atomic mass is 16.5. The van der Waals surface area contributed by atoms with Crippen LogP contribution in [0.4, 0.5) is 11.7 Å². The van der Waals surface area contributed by atoms with E-state index in [1.54, 1.807) is 6.07 Å². The summed E-state index contributed by atoms with van der Waals surface area (Å²) in [5.74, 6) is 0.844. The zero-order valence-corrected chi connectivity index (χ0v) is 10.9. The molecule has 0 spiro atoms. The Morgan fingerprint density at radius 1 is 1.10 bits per heavy atom. The van der Waals surface area contributed by atoms with Crippen molar-refractivity contribution in [1.82, 2.24) is 4.98 Å². The number of nitrogen functional groups attached to an aromatic ring is 1.